The maximum atomic E-state index is 11.9. The molecule has 1 amide bonds. The SMILES string of the molecule is CC(C)(C)OC(=O)N1CCCc2[nH]nnc2C1. The highest BCUT2D eigenvalue weighted by molar-refractivity contribution is 5.68. The van der Waals surface area contributed by atoms with E-state index in [-0.39, 0.29) is 6.09 Å². The molecule has 1 N–H and O–H groups in total. The lowest BCUT2D eigenvalue weighted by atomic mass is 10.2. The van der Waals surface area contributed by atoms with Gasteiger partial charge in [-0.25, -0.2) is 4.79 Å². The Morgan fingerprint density at radius 2 is 2.24 bits per heavy atom. The Balaban J connectivity index is 2.06. The summed E-state index contributed by atoms with van der Waals surface area (Å²) in [4.78, 5) is 13.6. The summed E-state index contributed by atoms with van der Waals surface area (Å²) in [5, 5.41) is 10.6. The van der Waals surface area contributed by atoms with Crippen molar-refractivity contribution < 1.29 is 9.53 Å². The minimum absolute atomic E-state index is 0.284. The Labute approximate surface area is 100 Å². The zero-order valence-corrected chi connectivity index (χ0v) is 10.5. The number of hydrogen-bond acceptors (Lipinski definition) is 4. The molecule has 1 aliphatic rings. The molecule has 2 rings (SSSR count). The van der Waals surface area contributed by atoms with Gasteiger partial charge in [-0.05, 0) is 33.6 Å². The fraction of sp³-hybridized carbons (Fsp3) is 0.727. The second kappa shape index (κ2) is 4.35. The van der Waals surface area contributed by atoms with Gasteiger partial charge in [0, 0.05) is 6.54 Å². The first-order valence-electron chi connectivity index (χ1n) is 5.82. The average molecular weight is 238 g/mol. The number of H-pyrrole nitrogens is 1. The first kappa shape index (κ1) is 11.9. The lowest BCUT2D eigenvalue weighted by molar-refractivity contribution is 0.0234. The lowest BCUT2D eigenvalue weighted by Gasteiger charge is -2.26. The number of hydrogen-bond donors (Lipinski definition) is 1. The second-order valence-electron chi connectivity index (χ2n) is 5.24. The van der Waals surface area contributed by atoms with Crippen molar-refractivity contribution in [3.05, 3.63) is 11.4 Å². The van der Waals surface area contributed by atoms with Crippen LogP contribution in [-0.2, 0) is 17.7 Å². The van der Waals surface area contributed by atoms with E-state index < -0.39 is 5.60 Å². The van der Waals surface area contributed by atoms with Gasteiger partial charge in [-0.2, -0.15) is 0 Å². The number of ether oxygens (including phenoxy) is 1. The largest absolute Gasteiger partial charge is 0.444 e. The summed E-state index contributed by atoms with van der Waals surface area (Å²) in [7, 11) is 0. The minimum Gasteiger partial charge on any atom is -0.444 e. The van der Waals surface area contributed by atoms with Gasteiger partial charge in [-0.15, -0.1) is 5.10 Å². The maximum absolute atomic E-state index is 11.9. The molecule has 1 aromatic rings. The summed E-state index contributed by atoms with van der Waals surface area (Å²) in [5.41, 5.74) is 1.40. The zero-order valence-electron chi connectivity index (χ0n) is 10.5. The second-order valence-corrected chi connectivity index (χ2v) is 5.24. The summed E-state index contributed by atoms with van der Waals surface area (Å²) in [6.45, 7) is 6.76. The molecule has 0 radical (unpaired) electrons. The van der Waals surface area contributed by atoms with Gasteiger partial charge in [0.1, 0.15) is 11.3 Å². The molecule has 1 aromatic heterocycles. The van der Waals surface area contributed by atoms with Crippen LogP contribution in [0.3, 0.4) is 0 Å². The maximum Gasteiger partial charge on any atom is 0.410 e. The molecule has 2 heterocycles. The van der Waals surface area contributed by atoms with Gasteiger partial charge >= 0.3 is 6.09 Å². The van der Waals surface area contributed by atoms with E-state index in [0.29, 0.717) is 13.1 Å². The molecule has 6 heteroatoms. The quantitative estimate of drug-likeness (QED) is 0.743. The van der Waals surface area contributed by atoms with Crippen molar-refractivity contribution >= 4 is 6.09 Å². The highest BCUT2D eigenvalue weighted by Crippen LogP contribution is 2.17. The van der Waals surface area contributed by atoms with E-state index in [4.69, 9.17) is 4.74 Å². The number of amides is 1. The van der Waals surface area contributed by atoms with E-state index in [0.717, 1.165) is 24.2 Å². The number of aromatic amines is 1. The number of carbonyl (C=O) groups excluding carboxylic acids is 1. The molecular formula is C11H18N4O2. The van der Waals surface area contributed by atoms with Crippen molar-refractivity contribution in [1.29, 1.82) is 0 Å². The van der Waals surface area contributed by atoms with Crippen LogP contribution >= 0.6 is 0 Å². The molecule has 0 unspecified atom stereocenters. The molecule has 0 fully saturated rings. The molecule has 0 saturated heterocycles. The fourth-order valence-electron chi connectivity index (χ4n) is 1.79. The summed E-state index contributed by atoms with van der Waals surface area (Å²) < 4.78 is 5.35. The van der Waals surface area contributed by atoms with Gasteiger partial charge in [0.25, 0.3) is 0 Å². The van der Waals surface area contributed by atoms with Crippen LogP contribution in [0.1, 0.15) is 38.6 Å². The van der Waals surface area contributed by atoms with Crippen molar-refractivity contribution in [1.82, 2.24) is 20.3 Å². The predicted octanol–water partition coefficient (Wildman–Crippen LogP) is 1.49. The van der Waals surface area contributed by atoms with Crippen molar-refractivity contribution in [2.75, 3.05) is 6.54 Å². The van der Waals surface area contributed by atoms with Crippen molar-refractivity contribution in [2.24, 2.45) is 0 Å². The monoisotopic (exact) mass is 238 g/mol. The smallest absolute Gasteiger partial charge is 0.410 e. The third-order valence-corrected chi connectivity index (χ3v) is 2.55. The summed E-state index contributed by atoms with van der Waals surface area (Å²) in [6, 6.07) is 0. The molecule has 17 heavy (non-hydrogen) atoms. The molecule has 0 saturated carbocycles. The van der Waals surface area contributed by atoms with Gasteiger partial charge in [0.15, 0.2) is 0 Å². The van der Waals surface area contributed by atoms with Gasteiger partial charge in [0.05, 0.1) is 12.2 Å². The molecule has 1 aliphatic heterocycles. The van der Waals surface area contributed by atoms with E-state index in [1.54, 1.807) is 4.90 Å². The van der Waals surface area contributed by atoms with Crippen LogP contribution in [0.4, 0.5) is 4.79 Å². The first-order chi connectivity index (χ1) is 7.96. The highest BCUT2D eigenvalue weighted by atomic mass is 16.6. The fourth-order valence-corrected chi connectivity index (χ4v) is 1.79. The van der Waals surface area contributed by atoms with Gasteiger partial charge in [-0.3, -0.25) is 5.10 Å². The summed E-state index contributed by atoms with van der Waals surface area (Å²) in [6.07, 6.45) is 1.49. The minimum atomic E-state index is -0.462. The Morgan fingerprint density at radius 3 is 2.94 bits per heavy atom. The molecule has 0 spiro atoms. The molecule has 0 aromatic carbocycles. The number of aryl methyl sites for hydroxylation is 1. The molecule has 6 nitrogen and oxygen atoms in total. The molecule has 0 bridgehead atoms. The molecule has 94 valence electrons. The Hall–Kier alpha value is -1.59. The first-order valence-corrected chi connectivity index (χ1v) is 5.82. The van der Waals surface area contributed by atoms with Crippen LogP contribution in [0.2, 0.25) is 0 Å². The topological polar surface area (TPSA) is 71.1 Å². The van der Waals surface area contributed by atoms with Crippen LogP contribution in [0, 0.1) is 0 Å². The molecule has 0 aliphatic carbocycles. The van der Waals surface area contributed by atoms with Crippen LogP contribution < -0.4 is 0 Å². The number of aromatic nitrogens is 3. The normalized spacial score (nSPS) is 16.3. The predicted molar refractivity (Wildman–Crippen MR) is 61.3 cm³/mol. The van der Waals surface area contributed by atoms with Crippen molar-refractivity contribution in [3.63, 3.8) is 0 Å². The van der Waals surface area contributed by atoms with E-state index in [2.05, 4.69) is 15.4 Å². The Morgan fingerprint density at radius 1 is 1.47 bits per heavy atom. The Bertz CT molecular complexity index is 408. The average Bonchev–Trinajstić information content (AvgIpc) is 2.53. The van der Waals surface area contributed by atoms with Crippen LogP contribution in [0.5, 0.6) is 0 Å². The summed E-state index contributed by atoms with van der Waals surface area (Å²) in [5.74, 6) is 0. The highest BCUT2D eigenvalue weighted by Gasteiger charge is 2.25. The number of nitrogens with one attached hydrogen (secondary N) is 1. The third-order valence-electron chi connectivity index (χ3n) is 2.55. The summed E-state index contributed by atoms with van der Waals surface area (Å²) >= 11 is 0. The number of carbonyl (C=O) groups is 1. The van der Waals surface area contributed by atoms with Crippen LogP contribution in [0.15, 0.2) is 0 Å². The van der Waals surface area contributed by atoms with Gasteiger partial charge in [0.2, 0.25) is 0 Å². The standard InChI is InChI=1S/C11H18N4O2/c1-11(2,3)17-10(16)15-6-4-5-8-9(7-15)13-14-12-8/h4-7H2,1-3H3,(H,12,13,14). The van der Waals surface area contributed by atoms with E-state index >= 15 is 0 Å². The van der Waals surface area contributed by atoms with Gasteiger partial charge in [-0.1, -0.05) is 5.21 Å². The molecular weight excluding hydrogens is 220 g/mol. The zero-order chi connectivity index (χ0) is 12.5. The Kier molecular flexibility index (Phi) is 3.04. The van der Waals surface area contributed by atoms with Crippen LogP contribution in [0.25, 0.3) is 0 Å². The molecule has 0 atom stereocenters. The van der Waals surface area contributed by atoms with E-state index in [1.165, 1.54) is 0 Å². The van der Waals surface area contributed by atoms with E-state index in [1.807, 2.05) is 20.8 Å². The van der Waals surface area contributed by atoms with E-state index in [9.17, 15) is 4.79 Å². The number of rotatable bonds is 0. The number of nitrogens with zero attached hydrogens (tertiary/aromatic N) is 3. The van der Waals surface area contributed by atoms with Crippen molar-refractivity contribution in [2.45, 2.75) is 45.8 Å². The van der Waals surface area contributed by atoms with Crippen LogP contribution in [-0.4, -0.2) is 38.5 Å². The third kappa shape index (κ3) is 2.95. The van der Waals surface area contributed by atoms with Gasteiger partial charge < -0.3 is 9.64 Å². The van der Waals surface area contributed by atoms with Crippen molar-refractivity contribution in [3.8, 4) is 0 Å². The number of fused-ring (bicyclic) bond motifs is 1. The lowest BCUT2D eigenvalue weighted by Crippen LogP contribution is -2.36.